The molecule has 9 nitrogen and oxygen atoms in total. The van der Waals surface area contributed by atoms with Crippen LogP contribution in [0.2, 0.25) is 10.0 Å². The van der Waals surface area contributed by atoms with Crippen molar-refractivity contribution in [2.75, 3.05) is 13.2 Å². The Bertz CT molecular complexity index is 1600. The number of hydrogen-bond acceptors (Lipinski definition) is 5. The molecule has 1 aliphatic carbocycles. The number of nitrogens with zero attached hydrogens (tertiary/aromatic N) is 1. The summed E-state index contributed by atoms with van der Waals surface area (Å²) in [6.07, 6.45) is 3.63. The van der Waals surface area contributed by atoms with Crippen LogP contribution in [-0.4, -0.2) is 58.9 Å². The molecule has 45 heavy (non-hydrogen) atoms. The highest BCUT2D eigenvalue weighted by Gasteiger charge is 2.49. The largest absolute Gasteiger partial charge is 0.482 e. The molecule has 236 valence electrons. The summed E-state index contributed by atoms with van der Waals surface area (Å²) < 4.78 is 5.29. The molecule has 3 amide bonds. The number of nitrogens with one attached hydrogen (secondary N) is 2. The fraction of sp³-hybridized carbons (Fsp3) is 0.353. The van der Waals surface area contributed by atoms with Gasteiger partial charge >= 0.3 is 5.97 Å². The number of rotatable bonds is 10. The molecule has 0 bridgehead atoms. The molecular weight excluding hydrogens is 617 g/mol. The van der Waals surface area contributed by atoms with E-state index in [1.54, 1.807) is 59.5 Å². The number of carboxylic acids is 1. The predicted octanol–water partition coefficient (Wildman–Crippen LogP) is 5.54. The third-order valence-electron chi connectivity index (χ3n) is 8.39. The van der Waals surface area contributed by atoms with Crippen LogP contribution in [0.3, 0.4) is 0 Å². The van der Waals surface area contributed by atoms with Gasteiger partial charge < -0.3 is 25.4 Å². The Labute approximate surface area is 271 Å². The normalized spacial score (nSPS) is 21.0. The topological polar surface area (TPSA) is 125 Å². The Morgan fingerprint density at radius 1 is 0.978 bits per heavy atom. The van der Waals surface area contributed by atoms with Gasteiger partial charge in [-0.1, -0.05) is 72.4 Å². The van der Waals surface area contributed by atoms with E-state index in [1.807, 2.05) is 12.1 Å². The minimum Gasteiger partial charge on any atom is -0.482 e. The van der Waals surface area contributed by atoms with Gasteiger partial charge in [0.2, 0.25) is 11.8 Å². The maximum atomic E-state index is 14.4. The smallest absolute Gasteiger partial charge is 0.341 e. The van der Waals surface area contributed by atoms with Crippen molar-refractivity contribution in [2.45, 2.75) is 63.1 Å². The first-order valence-electron chi connectivity index (χ1n) is 15.0. The van der Waals surface area contributed by atoms with E-state index in [0.717, 1.165) is 18.4 Å². The zero-order valence-electron chi connectivity index (χ0n) is 24.8. The van der Waals surface area contributed by atoms with Gasteiger partial charge in [-0.05, 0) is 66.3 Å². The molecule has 4 atom stereocenters. The molecule has 0 radical (unpaired) electrons. The van der Waals surface area contributed by atoms with Crippen LogP contribution in [0.1, 0.15) is 71.6 Å². The first-order valence-corrected chi connectivity index (χ1v) is 15.7. The third-order valence-corrected chi connectivity index (χ3v) is 8.95. The third kappa shape index (κ3) is 7.43. The molecule has 0 aromatic heterocycles. The van der Waals surface area contributed by atoms with Crippen LogP contribution in [0, 0.1) is 0 Å². The van der Waals surface area contributed by atoms with Crippen molar-refractivity contribution in [3.63, 3.8) is 0 Å². The highest BCUT2D eigenvalue weighted by molar-refractivity contribution is 6.35. The van der Waals surface area contributed by atoms with Gasteiger partial charge in [-0.3, -0.25) is 14.4 Å². The Morgan fingerprint density at radius 3 is 2.51 bits per heavy atom. The average Bonchev–Trinajstić information content (AvgIpc) is 3.00. The summed E-state index contributed by atoms with van der Waals surface area (Å²) in [4.78, 5) is 53.5. The second-order valence-electron chi connectivity index (χ2n) is 11.4. The lowest BCUT2D eigenvalue weighted by Gasteiger charge is -2.49. The lowest BCUT2D eigenvalue weighted by molar-refractivity contribution is -0.139. The second-order valence-corrected chi connectivity index (χ2v) is 12.3. The summed E-state index contributed by atoms with van der Waals surface area (Å²) in [5.74, 6) is -2.12. The van der Waals surface area contributed by atoms with E-state index >= 15 is 0 Å². The number of ether oxygens (including phenoxy) is 1. The number of hydrogen-bond donors (Lipinski definition) is 3. The van der Waals surface area contributed by atoms with Gasteiger partial charge in [0, 0.05) is 35.1 Å². The van der Waals surface area contributed by atoms with Crippen molar-refractivity contribution in [3.8, 4) is 5.75 Å². The number of fused-ring (bicyclic) bond motifs is 1. The number of carbonyl (C=O) groups is 4. The van der Waals surface area contributed by atoms with Crippen molar-refractivity contribution < 1.29 is 29.0 Å². The maximum Gasteiger partial charge on any atom is 0.341 e. The van der Waals surface area contributed by atoms with Crippen molar-refractivity contribution in [1.29, 1.82) is 0 Å². The summed E-state index contributed by atoms with van der Waals surface area (Å²) in [5.41, 5.74) is 2.49. The molecule has 1 fully saturated rings. The van der Waals surface area contributed by atoms with Crippen LogP contribution in [-0.2, 0) is 20.8 Å². The van der Waals surface area contributed by atoms with Crippen LogP contribution in [0.4, 0.5) is 0 Å². The van der Waals surface area contributed by atoms with Gasteiger partial charge in [-0.25, -0.2) is 4.79 Å². The minimum absolute atomic E-state index is 0.176. The SMILES string of the molecule is CC(=O)N[C@H]1CCCC[C@@H]1N1C(=O)c2ccccc2[C@@H](C(=O)NCCc2cccc(OCC(=O)O)c2)[C@@H]1c1ccc(Cl)cc1Cl. The molecule has 5 rings (SSSR count). The molecule has 0 unspecified atom stereocenters. The molecule has 1 aliphatic heterocycles. The Hall–Kier alpha value is -4.08. The summed E-state index contributed by atoms with van der Waals surface area (Å²) >= 11 is 13.1. The fourth-order valence-electron chi connectivity index (χ4n) is 6.52. The van der Waals surface area contributed by atoms with Gasteiger partial charge in [0.1, 0.15) is 5.75 Å². The van der Waals surface area contributed by atoms with Crippen molar-refractivity contribution >= 4 is 46.9 Å². The van der Waals surface area contributed by atoms with E-state index < -0.39 is 24.5 Å². The summed E-state index contributed by atoms with van der Waals surface area (Å²) in [6.45, 7) is 1.30. The molecule has 2 aliphatic rings. The van der Waals surface area contributed by atoms with Crippen molar-refractivity contribution in [1.82, 2.24) is 15.5 Å². The van der Waals surface area contributed by atoms with Crippen LogP contribution >= 0.6 is 23.2 Å². The average molecular weight is 653 g/mol. The number of carboxylic acid groups (broad SMARTS) is 1. The van der Waals surface area contributed by atoms with Crippen LogP contribution in [0.5, 0.6) is 5.75 Å². The first-order chi connectivity index (χ1) is 21.6. The molecule has 11 heteroatoms. The van der Waals surface area contributed by atoms with E-state index in [1.165, 1.54) is 6.92 Å². The van der Waals surface area contributed by atoms with E-state index in [2.05, 4.69) is 10.6 Å². The summed E-state index contributed by atoms with van der Waals surface area (Å²) in [7, 11) is 0. The van der Waals surface area contributed by atoms with Crippen LogP contribution < -0.4 is 15.4 Å². The van der Waals surface area contributed by atoms with E-state index in [0.29, 0.717) is 51.7 Å². The summed E-state index contributed by atoms with van der Waals surface area (Å²) in [5, 5.41) is 15.8. The lowest BCUT2D eigenvalue weighted by atomic mass is 9.76. The molecule has 0 saturated heterocycles. The van der Waals surface area contributed by atoms with Gasteiger partial charge in [0.25, 0.3) is 5.91 Å². The van der Waals surface area contributed by atoms with E-state index in [9.17, 15) is 19.2 Å². The Kier molecular flexibility index (Phi) is 10.3. The fourth-order valence-corrected chi connectivity index (χ4v) is 7.04. The number of aliphatic carboxylic acids is 1. The van der Waals surface area contributed by atoms with Crippen LogP contribution in [0.15, 0.2) is 66.7 Å². The minimum atomic E-state index is -1.07. The number of halogens is 2. The zero-order valence-corrected chi connectivity index (χ0v) is 26.3. The highest BCUT2D eigenvalue weighted by Crippen LogP contribution is 2.47. The molecular formula is C34H35Cl2N3O6. The van der Waals surface area contributed by atoms with Gasteiger partial charge in [0.05, 0.1) is 18.0 Å². The summed E-state index contributed by atoms with van der Waals surface area (Å²) in [6, 6.07) is 17.9. The van der Waals surface area contributed by atoms with E-state index in [-0.39, 0.29) is 36.3 Å². The number of carbonyl (C=O) groups excluding carboxylic acids is 3. The molecule has 0 spiro atoms. The van der Waals surface area contributed by atoms with Crippen molar-refractivity contribution in [3.05, 3.63) is 99.0 Å². The van der Waals surface area contributed by atoms with E-state index in [4.69, 9.17) is 33.0 Å². The predicted molar refractivity (Wildman–Crippen MR) is 171 cm³/mol. The van der Waals surface area contributed by atoms with Crippen LogP contribution in [0.25, 0.3) is 0 Å². The molecule has 3 aromatic rings. The quantitative estimate of drug-likeness (QED) is 0.264. The standard InChI is InChI=1S/C34H35Cl2N3O6/c1-20(40)38-28-11-4-5-12-29(28)39-32(26-14-13-22(35)18-27(26)36)31(24-9-2-3-10-25(24)34(39)44)33(43)37-16-15-21-7-6-8-23(17-21)45-19-30(41)42/h2-3,6-10,13-14,17-18,28-29,31-32H,4-5,11-12,15-16,19H2,1H3,(H,37,43)(H,38,40)(H,41,42)/t28-,29-,31+,32-/m0/s1. The highest BCUT2D eigenvalue weighted by atomic mass is 35.5. The number of amides is 3. The Morgan fingerprint density at radius 2 is 1.76 bits per heavy atom. The maximum absolute atomic E-state index is 14.4. The van der Waals surface area contributed by atoms with Gasteiger partial charge in [0.15, 0.2) is 6.61 Å². The van der Waals surface area contributed by atoms with Crippen molar-refractivity contribution in [2.24, 2.45) is 0 Å². The molecule has 3 aromatic carbocycles. The lowest BCUT2D eigenvalue weighted by Crippen LogP contribution is -2.59. The first kappa shape index (κ1) is 32.3. The Balaban J connectivity index is 1.50. The number of benzene rings is 3. The zero-order chi connectivity index (χ0) is 32.1. The second kappa shape index (κ2) is 14.3. The molecule has 3 N–H and O–H groups in total. The molecule has 1 heterocycles. The molecule has 1 saturated carbocycles. The monoisotopic (exact) mass is 651 g/mol. The van der Waals surface area contributed by atoms with Gasteiger partial charge in [-0.15, -0.1) is 0 Å². The van der Waals surface area contributed by atoms with Gasteiger partial charge in [-0.2, -0.15) is 0 Å².